The van der Waals surface area contributed by atoms with Crippen LogP contribution in [0, 0.1) is 19.8 Å². The lowest BCUT2D eigenvalue weighted by atomic mass is 9.95. The number of carbonyl (C=O) groups is 2. The van der Waals surface area contributed by atoms with Crippen molar-refractivity contribution in [1.29, 1.82) is 0 Å². The number of hydrogen-bond donors (Lipinski definition) is 1. The molecule has 0 saturated carbocycles. The summed E-state index contributed by atoms with van der Waals surface area (Å²) in [5.74, 6) is 1.34. The van der Waals surface area contributed by atoms with Gasteiger partial charge in [-0.2, -0.15) is 0 Å². The van der Waals surface area contributed by atoms with E-state index >= 15 is 0 Å². The first kappa shape index (κ1) is 26.8. The van der Waals surface area contributed by atoms with Crippen molar-refractivity contribution in [3.05, 3.63) is 28.3 Å². The van der Waals surface area contributed by atoms with E-state index in [0.29, 0.717) is 38.8 Å². The summed E-state index contributed by atoms with van der Waals surface area (Å²) in [5.41, 5.74) is 1.23. The molecular formula is C26H40ClN3O4. The fraction of sp³-hybridized carbons (Fsp3) is 0.692. The Morgan fingerprint density at radius 1 is 1.21 bits per heavy atom. The van der Waals surface area contributed by atoms with Gasteiger partial charge in [0.1, 0.15) is 18.0 Å². The Bertz CT molecular complexity index is 847. The molecule has 0 aliphatic carbocycles. The van der Waals surface area contributed by atoms with Crippen LogP contribution in [0.2, 0.25) is 5.02 Å². The quantitative estimate of drug-likeness (QED) is 0.599. The number of aryl methyl sites for hydroxylation is 2. The molecule has 1 N–H and O–H groups in total. The van der Waals surface area contributed by atoms with Gasteiger partial charge in [0.25, 0.3) is 0 Å². The molecule has 2 saturated heterocycles. The van der Waals surface area contributed by atoms with Crippen LogP contribution in [0.3, 0.4) is 0 Å². The first-order chi connectivity index (χ1) is 16.1. The van der Waals surface area contributed by atoms with Gasteiger partial charge in [0.2, 0.25) is 11.8 Å². The van der Waals surface area contributed by atoms with Gasteiger partial charge >= 0.3 is 0 Å². The first-order valence-corrected chi connectivity index (χ1v) is 12.8. The van der Waals surface area contributed by atoms with E-state index in [1.54, 1.807) is 0 Å². The van der Waals surface area contributed by atoms with Crippen molar-refractivity contribution in [2.24, 2.45) is 5.92 Å². The Hall–Kier alpha value is -1.83. The number of halogens is 1. The number of carbonyl (C=O) groups excluding carboxylic acids is 2. The summed E-state index contributed by atoms with van der Waals surface area (Å²) in [7, 11) is 0. The molecule has 2 aliphatic heterocycles. The molecule has 1 atom stereocenters. The summed E-state index contributed by atoms with van der Waals surface area (Å²) >= 11 is 6.33. The highest BCUT2D eigenvalue weighted by Crippen LogP contribution is 2.29. The zero-order valence-electron chi connectivity index (χ0n) is 21.3. The van der Waals surface area contributed by atoms with Crippen molar-refractivity contribution >= 4 is 23.4 Å². The summed E-state index contributed by atoms with van der Waals surface area (Å²) in [5, 5.41) is 3.71. The van der Waals surface area contributed by atoms with Crippen LogP contribution >= 0.6 is 11.6 Å². The number of morpholine rings is 1. The minimum Gasteiger partial charge on any atom is -0.490 e. The molecule has 1 aromatic carbocycles. The SMILES string of the molecule is CC(=O)NC1CCN(C(=O)CC2(COc3cc(C)c(Cl)c(C)c3)CN(CC(C)C)CCO2)CC1. The second-order valence-corrected chi connectivity index (χ2v) is 10.7. The lowest BCUT2D eigenvalue weighted by molar-refractivity contribution is -0.157. The maximum absolute atomic E-state index is 13.4. The van der Waals surface area contributed by atoms with Crippen LogP contribution < -0.4 is 10.1 Å². The van der Waals surface area contributed by atoms with Crippen LogP contribution in [0.5, 0.6) is 5.75 Å². The van der Waals surface area contributed by atoms with Gasteiger partial charge in [-0.25, -0.2) is 0 Å². The molecule has 0 aromatic heterocycles. The molecule has 8 heteroatoms. The number of hydrogen-bond acceptors (Lipinski definition) is 5. The predicted molar refractivity (Wildman–Crippen MR) is 134 cm³/mol. The molecule has 2 amide bonds. The molecule has 2 heterocycles. The number of rotatable bonds is 8. The third-order valence-electron chi connectivity index (χ3n) is 6.59. The first-order valence-electron chi connectivity index (χ1n) is 12.4. The third kappa shape index (κ3) is 7.33. The summed E-state index contributed by atoms with van der Waals surface area (Å²) in [6, 6.07) is 4.02. The van der Waals surface area contributed by atoms with Gasteiger partial charge in [-0.3, -0.25) is 14.5 Å². The molecule has 34 heavy (non-hydrogen) atoms. The molecule has 7 nitrogen and oxygen atoms in total. The summed E-state index contributed by atoms with van der Waals surface area (Å²) in [4.78, 5) is 29.0. The van der Waals surface area contributed by atoms with Gasteiger partial charge < -0.3 is 19.7 Å². The van der Waals surface area contributed by atoms with E-state index in [2.05, 4.69) is 24.1 Å². The Kier molecular flexibility index (Phi) is 9.24. The third-order valence-corrected chi connectivity index (χ3v) is 7.19. The van der Waals surface area contributed by atoms with Gasteiger partial charge in [0, 0.05) is 50.7 Å². The lowest BCUT2D eigenvalue weighted by Gasteiger charge is -2.44. The smallest absolute Gasteiger partial charge is 0.225 e. The lowest BCUT2D eigenvalue weighted by Crippen LogP contribution is -2.58. The van der Waals surface area contributed by atoms with Crippen molar-refractivity contribution in [2.45, 2.75) is 65.5 Å². The highest BCUT2D eigenvalue weighted by atomic mass is 35.5. The Balaban J connectivity index is 1.70. The molecule has 0 radical (unpaired) electrons. The van der Waals surface area contributed by atoms with Crippen LogP contribution in [-0.2, 0) is 14.3 Å². The van der Waals surface area contributed by atoms with Gasteiger partial charge in [-0.15, -0.1) is 0 Å². The maximum atomic E-state index is 13.4. The standard InChI is InChI=1S/C26H40ClN3O4/c1-18(2)15-29-10-11-34-26(16-29,17-33-23-12-19(3)25(27)20(4)13-23)14-24(32)30-8-6-22(7-9-30)28-21(5)31/h12-13,18,22H,6-11,14-17H2,1-5H3,(H,28,31). The van der Waals surface area contributed by atoms with Crippen LogP contribution in [0.25, 0.3) is 0 Å². The number of benzene rings is 1. The van der Waals surface area contributed by atoms with Crippen LogP contribution in [0.1, 0.15) is 51.2 Å². The molecule has 0 spiro atoms. The highest BCUT2D eigenvalue weighted by molar-refractivity contribution is 6.32. The zero-order valence-corrected chi connectivity index (χ0v) is 22.0. The molecule has 2 fully saturated rings. The number of amides is 2. The second kappa shape index (κ2) is 11.7. The van der Waals surface area contributed by atoms with Gasteiger partial charge in [0.05, 0.1) is 13.0 Å². The number of nitrogens with zero attached hydrogens (tertiary/aromatic N) is 2. The van der Waals surface area contributed by atoms with E-state index in [1.165, 1.54) is 6.92 Å². The number of piperidine rings is 1. The van der Waals surface area contributed by atoms with Crippen LogP contribution in [0.15, 0.2) is 12.1 Å². The van der Waals surface area contributed by atoms with Gasteiger partial charge in [0.15, 0.2) is 0 Å². The minimum absolute atomic E-state index is 0.0191. The molecule has 0 bridgehead atoms. The molecule has 3 rings (SSSR count). The van der Waals surface area contributed by atoms with Crippen molar-refractivity contribution < 1.29 is 19.1 Å². The summed E-state index contributed by atoms with van der Waals surface area (Å²) in [6.07, 6.45) is 1.83. The van der Waals surface area contributed by atoms with Crippen molar-refractivity contribution in [2.75, 3.05) is 45.9 Å². The second-order valence-electron chi connectivity index (χ2n) is 10.4. The van der Waals surface area contributed by atoms with E-state index < -0.39 is 5.60 Å². The monoisotopic (exact) mass is 493 g/mol. The maximum Gasteiger partial charge on any atom is 0.225 e. The average molecular weight is 494 g/mol. The topological polar surface area (TPSA) is 71.1 Å². The largest absolute Gasteiger partial charge is 0.490 e. The van der Waals surface area contributed by atoms with E-state index in [9.17, 15) is 9.59 Å². The van der Waals surface area contributed by atoms with E-state index in [1.807, 2.05) is 30.9 Å². The van der Waals surface area contributed by atoms with Crippen molar-refractivity contribution in [3.8, 4) is 5.75 Å². The normalized spacial score (nSPS) is 22.1. The molecule has 2 aliphatic rings. The Morgan fingerprint density at radius 3 is 2.44 bits per heavy atom. The molecule has 1 aromatic rings. The highest BCUT2D eigenvalue weighted by Gasteiger charge is 2.41. The van der Waals surface area contributed by atoms with E-state index in [-0.39, 0.29) is 24.3 Å². The number of nitrogens with one attached hydrogen (secondary N) is 1. The van der Waals surface area contributed by atoms with Crippen molar-refractivity contribution in [1.82, 2.24) is 15.1 Å². The Labute approximate surface area is 209 Å². The average Bonchev–Trinajstić information content (AvgIpc) is 2.76. The summed E-state index contributed by atoms with van der Waals surface area (Å²) < 4.78 is 12.6. The fourth-order valence-electron chi connectivity index (χ4n) is 4.99. The molecule has 190 valence electrons. The predicted octanol–water partition coefficient (Wildman–Crippen LogP) is 3.58. The van der Waals surface area contributed by atoms with E-state index in [0.717, 1.165) is 47.8 Å². The minimum atomic E-state index is -0.708. The van der Waals surface area contributed by atoms with Crippen molar-refractivity contribution in [3.63, 3.8) is 0 Å². The Morgan fingerprint density at radius 2 is 1.85 bits per heavy atom. The van der Waals surface area contributed by atoms with E-state index in [4.69, 9.17) is 21.1 Å². The molecule has 1 unspecified atom stereocenters. The zero-order chi connectivity index (χ0) is 24.9. The van der Waals surface area contributed by atoms with Gasteiger partial charge in [-0.1, -0.05) is 25.4 Å². The van der Waals surface area contributed by atoms with Crippen LogP contribution in [-0.4, -0.2) is 79.2 Å². The number of likely N-dealkylation sites (tertiary alicyclic amines) is 1. The fourth-order valence-corrected chi connectivity index (χ4v) is 5.10. The van der Waals surface area contributed by atoms with Gasteiger partial charge in [-0.05, 0) is 55.9 Å². The van der Waals surface area contributed by atoms with Crippen LogP contribution in [0.4, 0.5) is 0 Å². The molecular weight excluding hydrogens is 454 g/mol. The number of ether oxygens (including phenoxy) is 2. The summed E-state index contributed by atoms with van der Waals surface area (Å²) in [6.45, 7) is 14.5.